The van der Waals surface area contributed by atoms with Crippen LogP contribution in [0.3, 0.4) is 0 Å². The Balaban J connectivity index is 1.98. The summed E-state index contributed by atoms with van der Waals surface area (Å²) in [5.41, 5.74) is 0.474. The van der Waals surface area contributed by atoms with Crippen LogP contribution in [0.5, 0.6) is 0 Å². The molecular formula is C13H16N2O7. The van der Waals surface area contributed by atoms with Crippen LogP contribution in [0.25, 0.3) is 0 Å². The molecule has 0 spiro atoms. The highest BCUT2D eigenvalue weighted by Gasteiger charge is 2.42. The Hall–Kier alpha value is -2.20. The van der Waals surface area contributed by atoms with Crippen LogP contribution in [0.1, 0.15) is 0 Å². The summed E-state index contributed by atoms with van der Waals surface area (Å²) in [5.74, 6) is -0.514. The highest BCUT2D eigenvalue weighted by atomic mass is 16.7. The van der Waals surface area contributed by atoms with Crippen LogP contribution in [-0.4, -0.2) is 63.4 Å². The summed E-state index contributed by atoms with van der Waals surface area (Å²) in [6, 6.07) is 8.44. The molecule has 0 aliphatic carbocycles. The van der Waals surface area contributed by atoms with Gasteiger partial charge >= 0.3 is 6.09 Å². The number of ether oxygens (including phenoxy) is 1. The van der Waals surface area contributed by atoms with Crippen LogP contribution in [0.4, 0.5) is 10.5 Å². The SMILES string of the molecule is O=C(Nc1ccccc1)O/N=C1/O[C@H](CO)[C@@H](O)[C@H](O)[C@@H]1O. The molecule has 2 rings (SSSR count). The maximum atomic E-state index is 11.5. The predicted octanol–water partition coefficient (Wildman–Crippen LogP) is -0.978. The minimum atomic E-state index is -1.68. The van der Waals surface area contributed by atoms with Gasteiger partial charge in [-0.3, -0.25) is 10.2 Å². The zero-order valence-electron chi connectivity index (χ0n) is 11.4. The molecule has 22 heavy (non-hydrogen) atoms. The van der Waals surface area contributed by atoms with Gasteiger partial charge in [-0.2, -0.15) is 0 Å². The lowest BCUT2D eigenvalue weighted by atomic mass is 10.00. The monoisotopic (exact) mass is 312 g/mol. The minimum absolute atomic E-state index is 0.474. The van der Waals surface area contributed by atoms with Crippen LogP contribution in [-0.2, 0) is 9.57 Å². The molecule has 9 nitrogen and oxygen atoms in total. The number of carbonyl (C=O) groups excluding carboxylic acids is 1. The first-order valence-electron chi connectivity index (χ1n) is 6.45. The van der Waals surface area contributed by atoms with Gasteiger partial charge in [0.05, 0.1) is 6.61 Å². The molecule has 1 saturated heterocycles. The molecule has 0 saturated carbocycles. The number of amides is 1. The summed E-state index contributed by atoms with van der Waals surface area (Å²) >= 11 is 0. The number of benzene rings is 1. The molecule has 1 heterocycles. The van der Waals surface area contributed by atoms with Crippen molar-refractivity contribution in [2.75, 3.05) is 11.9 Å². The van der Waals surface area contributed by atoms with E-state index in [1.807, 2.05) is 0 Å². The molecule has 1 amide bonds. The molecule has 9 heteroatoms. The first kappa shape index (κ1) is 16.2. The second kappa shape index (κ2) is 7.18. The smallest absolute Gasteiger partial charge is 0.437 e. The zero-order valence-corrected chi connectivity index (χ0v) is 11.4. The Morgan fingerprint density at radius 1 is 1.23 bits per heavy atom. The van der Waals surface area contributed by atoms with Crippen LogP contribution >= 0.6 is 0 Å². The zero-order chi connectivity index (χ0) is 16.1. The molecule has 0 aromatic heterocycles. The van der Waals surface area contributed by atoms with Gasteiger partial charge in [-0.25, -0.2) is 4.79 Å². The summed E-state index contributed by atoms with van der Waals surface area (Å²) < 4.78 is 4.97. The van der Waals surface area contributed by atoms with E-state index in [4.69, 9.17) is 9.84 Å². The quantitative estimate of drug-likeness (QED) is 0.357. The molecule has 0 bridgehead atoms. The largest absolute Gasteiger partial charge is 0.468 e. The molecule has 1 aromatic rings. The van der Waals surface area contributed by atoms with Gasteiger partial charge in [-0.1, -0.05) is 18.2 Å². The van der Waals surface area contributed by atoms with Gasteiger partial charge < -0.3 is 25.2 Å². The van der Waals surface area contributed by atoms with E-state index >= 15 is 0 Å². The number of nitrogens with zero attached hydrogens (tertiary/aromatic N) is 1. The van der Waals surface area contributed by atoms with Gasteiger partial charge in [0.2, 0.25) is 0 Å². The van der Waals surface area contributed by atoms with Crippen molar-refractivity contribution < 1.29 is 34.8 Å². The average Bonchev–Trinajstić information content (AvgIpc) is 2.53. The molecule has 1 aliphatic rings. The lowest BCUT2D eigenvalue weighted by Crippen LogP contribution is -2.56. The Kier molecular flexibility index (Phi) is 5.28. The van der Waals surface area contributed by atoms with E-state index in [9.17, 15) is 20.1 Å². The molecule has 0 unspecified atom stereocenters. The topological polar surface area (TPSA) is 141 Å². The maximum absolute atomic E-state index is 11.5. The van der Waals surface area contributed by atoms with E-state index in [2.05, 4.69) is 15.3 Å². The fourth-order valence-electron chi connectivity index (χ4n) is 1.82. The molecule has 0 radical (unpaired) electrons. The van der Waals surface area contributed by atoms with Crippen molar-refractivity contribution in [2.45, 2.75) is 24.4 Å². The van der Waals surface area contributed by atoms with Crippen LogP contribution < -0.4 is 5.32 Å². The Morgan fingerprint density at radius 2 is 1.91 bits per heavy atom. The summed E-state index contributed by atoms with van der Waals surface area (Å²) in [6.07, 6.45) is -6.90. The van der Waals surface area contributed by atoms with Gasteiger partial charge in [0, 0.05) is 5.69 Å². The maximum Gasteiger partial charge on any atom is 0.437 e. The number of nitrogens with one attached hydrogen (secondary N) is 1. The lowest BCUT2D eigenvalue weighted by molar-refractivity contribution is -0.130. The highest BCUT2D eigenvalue weighted by Crippen LogP contribution is 2.17. The molecular weight excluding hydrogens is 296 g/mol. The van der Waals surface area contributed by atoms with E-state index < -0.39 is 43.0 Å². The Bertz CT molecular complexity index is 534. The number of aliphatic hydroxyl groups is 4. The van der Waals surface area contributed by atoms with Gasteiger partial charge in [0.15, 0.2) is 12.2 Å². The third-order valence-electron chi connectivity index (χ3n) is 3.00. The van der Waals surface area contributed by atoms with Crippen molar-refractivity contribution in [3.05, 3.63) is 30.3 Å². The summed E-state index contributed by atoms with van der Waals surface area (Å²) in [5, 5.41) is 43.5. The van der Waals surface area contributed by atoms with Gasteiger partial charge in [-0.15, -0.1) is 0 Å². The van der Waals surface area contributed by atoms with E-state index in [0.29, 0.717) is 5.69 Å². The first-order valence-corrected chi connectivity index (χ1v) is 6.45. The number of anilines is 1. The third-order valence-corrected chi connectivity index (χ3v) is 3.00. The normalized spacial score (nSPS) is 29.7. The van der Waals surface area contributed by atoms with Crippen molar-refractivity contribution in [1.29, 1.82) is 0 Å². The third kappa shape index (κ3) is 3.71. The van der Waals surface area contributed by atoms with E-state index in [0.717, 1.165) is 0 Å². The van der Waals surface area contributed by atoms with E-state index in [1.165, 1.54) is 0 Å². The second-order valence-corrected chi connectivity index (χ2v) is 4.56. The fourth-order valence-corrected chi connectivity index (χ4v) is 1.82. The summed E-state index contributed by atoms with van der Waals surface area (Å²) in [6.45, 7) is -0.611. The molecule has 4 atom stereocenters. The second-order valence-electron chi connectivity index (χ2n) is 4.56. The van der Waals surface area contributed by atoms with Crippen molar-refractivity contribution in [3.8, 4) is 0 Å². The number of hydrogen-bond donors (Lipinski definition) is 5. The van der Waals surface area contributed by atoms with Gasteiger partial charge in [0.1, 0.15) is 12.2 Å². The van der Waals surface area contributed by atoms with Crippen molar-refractivity contribution in [1.82, 2.24) is 0 Å². The molecule has 1 fully saturated rings. The van der Waals surface area contributed by atoms with Crippen molar-refractivity contribution in [3.63, 3.8) is 0 Å². The minimum Gasteiger partial charge on any atom is -0.468 e. The number of rotatable bonds is 3. The fraction of sp³-hybridized carbons (Fsp3) is 0.385. The highest BCUT2D eigenvalue weighted by molar-refractivity contribution is 5.86. The molecule has 5 N–H and O–H groups in total. The summed E-state index contributed by atoms with van der Waals surface area (Å²) in [4.78, 5) is 16.0. The Labute approximate surface area is 125 Å². The number of hydrogen-bond acceptors (Lipinski definition) is 8. The van der Waals surface area contributed by atoms with E-state index in [1.54, 1.807) is 30.3 Å². The number of oxime groups is 1. The lowest BCUT2D eigenvalue weighted by Gasteiger charge is -2.34. The predicted molar refractivity (Wildman–Crippen MR) is 74.0 cm³/mol. The number of aliphatic hydroxyl groups excluding tert-OH is 4. The van der Waals surface area contributed by atoms with Crippen molar-refractivity contribution >= 4 is 17.7 Å². The summed E-state index contributed by atoms with van der Waals surface area (Å²) in [7, 11) is 0. The number of carbonyl (C=O) groups is 1. The van der Waals surface area contributed by atoms with Gasteiger partial charge in [0.25, 0.3) is 5.90 Å². The standard InChI is InChI=1S/C13H16N2O7/c16-6-8-9(17)10(18)11(19)12(21-8)15-22-13(20)14-7-4-2-1-3-5-7/h1-5,8-11,16-19H,6H2,(H,14,20)/b15-12+/t8-,9-,10+,11+/m1/s1. The first-order chi connectivity index (χ1) is 10.5. The van der Waals surface area contributed by atoms with E-state index in [-0.39, 0.29) is 0 Å². The van der Waals surface area contributed by atoms with Crippen LogP contribution in [0, 0.1) is 0 Å². The molecule has 120 valence electrons. The number of para-hydroxylation sites is 1. The van der Waals surface area contributed by atoms with Gasteiger partial charge in [-0.05, 0) is 17.3 Å². The average molecular weight is 312 g/mol. The molecule has 1 aliphatic heterocycles. The van der Waals surface area contributed by atoms with Crippen LogP contribution in [0.15, 0.2) is 35.5 Å². The van der Waals surface area contributed by atoms with Crippen LogP contribution in [0.2, 0.25) is 0 Å². The molecule has 1 aromatic carbocycles. The van der Waals surface area contributed by atoms with Crippen molar-refractivity contribution in [2.24, 2.45) is 5.16 Å². The Morgan fingerprint density at radius 3 is 2.55 bits per heavy atom.